The molecule has 0 N–H and O–H groups in total. The summed E-state index contributed by atoms with van der Waals surface area (Å²) in [6.45, 7) is 3.23. The maximum absolute atomic E-state index is 11.1. The van der Waals surface area contributed by atoms with Crippen LogP contribution >= 0.6 is 10.5 Å². The maximum Gasteiger partial charge on any atom is 0.171 e. The largest absolute Gasteiger partial charge is 0.294 e. The fraction of sp³-hybridized carbons (Fsp3) is 0.625. The molecule has 3 heteroatoms. The molecule has 0 heterocycles. The van der Waals surface area contributed by atoms with Crippen LogP contribution in [0.4, 0.5) is 0 Å². The molecule has 0 aliphatic heterocycles. The first-order valence-corrected chi connectivity index (χ1v) is 5.53. The summed E-state index contributed by atoms with van der Waals surface area (Å²) >= 11 is 0. The molecule has 0 aromatic heterocycles. The van der Waals surface area contributed by atoms with Gasteiger partial charge in [0.25, 0.3) is 0 Å². The summed E-state index contributed by atoms with van der Waals surface area (Å²) < 4.78 is 0. The van der Waals surface area contributed by atoms with E-state index in [0.29, 0.717) is 11.3 Å². The third-order valence-corrected chi connectivity index (χ3v) is 2.63. The Labute approximate surface area is 69.9 Å². The summed E-state index contributed by atoms with van der Waals surface area (Å²) in [5.41, 5.74) is 0. The molecule has 0 spiro atoms. The summed E-state index contributed by atoms with van der Waals surface area (Å²) in [4.78, 5) is 22.6. The maximum atomic E-state index is 11.1. The van der Waals surface area contributed by atoms with Gasteiger partial charge in [-0.05, 0) is 19.4 Å². The summed E-state index contributed by atoms with van der Waals surface area (Å²) in [6, 6.07) is 0. The molecule has 0 aromatic rings. The molecular weight excluding hydrogens is 160 g/mol. The lowest BCUT2D eigenvalue weighted by molar-refractivity contribution is -0.115. The average Bonchev–Trinajstić information content (AvgIpc) is 1.85. The Morgan fingerprint density at radius 2 is 1.73 bits per heavy atom. The van der Waals surface area contributed by atoms with Gasteiger partial charge >= 0.3 is 0 Å². The van der Waals surface area contributed by atoms with Gasteiger partial charge in [-0.3, -0.25) is 9.59 Å². The number of carbonyl (C=O) groups excluding carboxylic acids is 2. The summed E-state index contributed by atoms with van der Waals surface area (Å²) in [6.07, 6.45) is 4.22. The van der Waals surface area contributed by atoms with E-state index >= 15 is 0 Å². The molecule has 0 amide bonds. The molecule has 0 saturated carbocycles. The first-order chi connectivity index (χ1) is 5.00. The van der Waals surface area contributed by atoms with Crippen LogP contribution in [0.5, 0.6) is 0 Å². The SMILES string of the molecule is CCC(=O)C(C(C)=O)=S(C)C. The topological polar surface area (TPSA) is 34.1 Å². The van der Waals surface area contributed by atoms with Gasteiger partial charge in [0, 0.05) is 6.42 Å². The van der Waals surface area contributed by atoms with Crippen molar-refractivity contribution in [1.29, 1.82) is 0 Å². The molecule has 2 nitrogen and oxygen atoms in total. The van der Waals surface area contributed by atoms with Gasteiger partial charge in [0.1, 0.15) is 0 Å². The zero-order valence-electron chi connectivity index (χ0n) is 7.43. The van der Waals surface area contributed by atoms with E-state index in [1.807, 2.05) is 12.5 Å². The molecule has 11 heavy (non-hydrogen) atoms. The van der Waals surface area contributed by atoms with Crippen LogP contribution in [0, 0.1) is 0 Å². The van der Waals surface area contributed by atoms with Crippen molar-refractivity contribution in [3.05, 3.63) is 0 Å². The number of hydrogen-bond donors (Lipinski definition) is 0. The van der Waals surface area contributed by atoms with E-state index in [4.69, 9.17) is 0 Å². The van der Waals surface area contributed by atoms with Gasteiger partial charge in [-0.25, -0.2) is 0 Å². The number of Topliss-reactive ketones (excluding diaryl/α,β-unsaturated/α-hetero) is 2. The first kappa shape index (κ1) is 10.6. The van der Waals surface area contributed by atoms with Gasteiger partial charge in [0.05, 0.1) is 4.86 Å². The zero-order chi connectivity index (χ0) is 9.02. The Bertz CT molecular complexity index is 212. The minimum Gasteiger partial charge on any atom is -0.294 e. The predicted molar refractivity (Wildman–Crippen MR) is 50.4 cm³/mol. The highest BCUT2D eigenvalue weighted by atomic mass is 32.2. The van der Waals surface area contributed by atoms with Crippen LogP contribution < -0.4 is 0 Å². The van der Waals surface area contributed by atoms with Crippen molar-refractivity contribution >= 4 is 26.9 Å². The normalized spacial score (nSPS) is 9.91. The van der Waals surface area contributed by atoms with Gasteiger partial charge < -0.3 is 0 Å². The van der Waals surface area contributed by atoms with Crippen molar-refractivity contribution in [3.63, 3.8) is 0 Å². The van der Waals surface area contributed by atoms with Crippen LogP contribution in [-0.2, 0) is 9.59 Å². The lowest BCUT2D eigenvalue weighted by atomic mass is 10.2. The van der Waals surface area contributed by atoms with Crippen molar-refractivity contribution in [1.82, 2.24) is 0 Å². The van der Waals surface area contributed by atoms with E-state index in [2.05, 4.69) is 0 Å². The summed E-state index contributed by atoms with van der Waals surface area (Å²) in [7, 11) is -0.196. The van der Waals surface area contributed by atoms with Crippen molar-refractivity contribution in [2.24, 2.45) is 0 Å². The minimum atomic E-state index is -0.196. The molecule has 0 aliphatic carbocycles. The fourth-order valence-corrected chi connectivity index (χ4v) is 2.05. The Balaban J connectivity index is 4.79. The van der Waals surface area contributed by atoms with E-state index in [0.717, 1.165) is 0 Å². The minimum absolute atomic E-state index is 0.00849. The summed E-state index contributed by atoms with van der Waals surface area (Å²) in [5, 5.41) is 0. The molecule has 0 unspecified atom stereocenters. The second kappa shape index (κ2) is 4.44. The van der Waals surface area contributed by atoms with Crippen LogP contribution in [0.1, 0.15) is 20.3 Å². The molecule has 0 rings (SSSR count). The van der Waals surface area contributed by atoms with Crippen molar-refractivity contribution in [3.8, 4) is 0 Å². The second-order valence-corrected chi connectivity index (χ2v) is 4.52. The molecule has 0 saturated heterocycles. The molecule has 0 radical (unpaired) electrons. The van der Waals surface area contributed by atoms with Crippen LogP contribution in [0.15, 0.2) is 0 Å². The Morgan fingerprint density at radius 1 is 1.27 bits per heavy atom. The van der Waals surface area contributed by atoms with Gasteiger partial charge in [0.15, 0.2) is 11.6 Å². The highest BCUT2D eigenvalue weighted by molar-refractivity contribution is 8.16. The van der Waals surface area contributed by atoms with Gasteiger partial charge in [-0.1, -0.05) is 6.92 Å². The lowest BCUT2D eigenvalue weighted by Crippen LogP contribution is -2.20. The molecule has 0 bridgehead atoms. The van der Waals surface area contributed by atoms with Crippen LogP contribution in [-0.4, -0.2) is 28.9 Å². The lowest BCUT2D eigenvalue weighted by Gasteiger charge is -2.02. The average molecular weight is 174 g/mol. The smallest absolute Gasteiger partial charge is 0.171 e. The van der Waals surface area contributed by atoms with Crippen LogP contribution in [0.3, 0.4) is 0 Å². The monoisotopic (exact) mass is 174 g/mol. The highest BCUT2D eigenvalue weighted by Crippen LogP contribution is 2.06. The Morgan fingerprint density at radius 3 is 1.82 bits per heavy atom. The Kier molecular flexibility index (Phi) is 4.26. The number of carbonyl (C=O) groups is 2. The zero-order valence-corrected chi connectivity index (χ0v) is 8.25. The van der Waals surface area contributed by atoms with Crippen LogP contribution in [0.2, 0.25) is 0 Å². The van der Waals surface area contributed by atoms with E-state index in [9.17, 15) is 9.59 Å². The first-order valence-electron chi connectivity index (χ1n) is 3.49. The van der Waals surface area contributed by atoms with Gasteiger partial charge in [-0.2, -0.15) is 10.5 Å². The summed E-state index contributed by atoms with van der Waals surface area (Å²) in [5.74, 6) is -0.0870. The molecule has 0 atom stereocenters. The van der Waals surface area contributed by atoms with Gasteiger partial charge in [0.2, 0.25) is 0 Å². The van der Waals surface area contributed by atoms with Crippen LogP contribution in [0.25, 0.3) is 0 Å². The van der Waals surface area contributed by atoms with E-state index in [-0.39, 0.29) is 22.1 Å². The molecule has 0 aliphatic rings. The van der Waals surface area contributed by atoms with Crippen molar-refractivity contribution in [2.45, 2.75) is 20.3 Å². The third-order valence-electron chi connectivity index (χ3n) is 1.30. The number of hydrogen-bond acceptors (Lipinski definition) is 2. The third kappa shape index (κ3) is 2.97. The number of rotatable bonds is 3. The quantitative estimate of drug-likeness (QED) is 0.477. The standard InChI is InChI=1S/C8H14O2S/c1-5-7(10)8(6(2)9)11(3)4/h5H2,1-4H3. The van der Waals surface area contributed by atoms with Crippen molar-refractivity contribution < 1.29 is 9.59 Å². The molecule has 64 valence electrons. The molecule has 0 fully saturated rings. The van der Waals surface area contributed by atoms with E-state index in [1.165, 1.54) is 6.92 Å². The second-order valence-electron chi connectivity index (χ2n) is 2.48. The van der Waals surface area contributed by atoms with E-state index < -0.39 is 0 Å². The number of ketones is 2. The van der Waals surface area contributed by atoms with Crippen molar-refractivity contribution in [2.75, 3.05) is 12.5 Å². The molecule has 0 aromatic carbocycles. The highest BCUT2D eigenvalue weighted by Gasteiger charge is 2.12. The fourth-order valence-electron chi connectivity index (χ4n) is 0.872. The van der Waals surface area contributed by atoms with E-state index in [1.54, 1.807) is 6.92 Å². The Hall–Kier alpha value is -0.440. The predicted octanol–water partition coefficient (Wildman–Crippen LogP) is 1.26. The van der Waals surface area contributed by atoms with Gasteiger partial charge in [-0.15, -0.1) is 0 Å². The molecular formula is C8H14O2S.